The van der Waals surface area contributed by atoms with E-state index in [0.717, 1.165) is 23.7 Å². The summed E-state index contributed by atoms with van der Waals surface area (Å²) >= 11 is 0. The Morgan fingerprint density at radius 3 is 2.07 bits per heavy atom. The Bertz CT molecular complexity index is 579. The van der Waals surface area contributed by atoms with Gasteiger partial charge in [0.15, 0.2) is 0 Å². The third-order valence-corrected chi connectivity index (χ3v) is 8.11. The fourth-order valence-electron chi connectivity index (χ4n) is 6.04. The molecule has 2 aliphatic carbocycles. The van der Waals surface area contributed by atoms with Gasteiger partial charge < -0.3 is 0 Å². The maximum Gasteiger partial charge on any atom is -0.0162 e. The average molecular weight is 409 g/mol. The van der Waals surface area contributed by atoms with Crippen molar-refractivity contribution in [2.45, 2.75) is 122 Å². The molecule has 0 atom stereocenters. The van der Waals surface area contributed by atoms with Gasteiger partial charge in [-0.3, -0.25) is 0 Å². The van der Waals surface area contributed by atoms with Gasteiger partial charge in [-0.1, -0.05) is 88.8 Å². The van der Waals surface area contributed by atoms with Crippen molar-refractivity contribution in [2.75, 3.05) is 0 Å². The molecule has 0 heterocycles. The Morgan fingerprint density at radius 2 is 1.40 bits per heavy atom. The van der Waals surface area contributed by atoms with E-state index < -0.39 is 0 Å². The zero-order valence-electron chi connectivity index (χ0n) is 20.1. The molecule has 0 radical (unpaired) electrons. The van der Waals surface area contributed by atoms with E-state index in [0.29, 0.717) is 0 Å². The van der Waals surface area contributed by atoms with E-state index >= 15 is 0 Å². The van der Waals surface area contributed by atoms with Crippen molar-refractivity contribution >= 4 is 0 Å². The monoisotopic (exact) mass is 408 g/mol. The van der Waals surface area contributed by atoms with Crippen molar-refractivity contribution < 1.29 is 0 Å². The maximum absolute atomic E-state index is 2.55. The molecule has 2 fully saturated rings. The van der Waals surface area contributed by atoms with Crippen LogP contribution in [0.2, 0.25) is 0 Å². The summed E-state index contributed by atoms with van der Waals surface area (Å²) in [5, 5.41) is 0. The summed E-state index contributed by atoms with van der Waals surface area (Å²) in [6.45, 7) is 4.65. The Kier molecular flexibility index (Phi) is 10.5. The van der Waals surface area contributed by atoms with Gasteiger partial charge in [0.05, 0.1) is 0 Å². The van der Waals surface area contributed by atoms with Crippen molar-refractivity contribution in [1.82, 2.24) is 0 Å². The molecule has 1 aromatic rings. The molecule has 2 saturated carbocycles. The summed E-state index contributed by atoms with van der Waals surface area (Å²) in [6, 6.07) is 9.68. The molecular formula is C30H48. The van der Waals surface area contributed by atoms with Gasteiger partial charge in [0.25, 0.3) is 0 Å². The Labute approximate surface area is 187 Å². The van der Waals surface area contributed by atoms with Crippen LogP contribution in [0.15, 0.2) is 36.4 Å². The summed E-state index contributed by atoms with van der Waals surface area (Å²) in [7, 11) is 0. The molecule has 0 saturated heterocycles. The van der Waals surface area contributed by atoms with Gasteiger partial charge >= 0.3 is 0 Å². The first-order chi connectivity index (χ1) is 14.8. The minimum absolute atomic E-state index is 0.823. The second-order valence-corrected chi connectivity index (χ2v) is 10.5. The van der Waals surface area contributed by atoms with Crippen LogP contribution < -0.4 is 0 Å². The van der Waals surface area contributed by atoms with Crippen molar-refractivity contribution in [1.29, 1.82) is 0 Å². The van der Waals surface area contributed by atoms with Crippen molar-refractivity contribution in [3.8, 4) is 0 Å². The molecule has 0 aliphatic heterocycles. The smallest absolute Gasteiger partial charge is 0.0162 e. The van der Waals surface area contributed by atoms with Crippen LogP contribution in [0.5, 0.6) is 0 Å². The predicted octanol–water partition coefficient (Wildman–Crippen LogP) is 9.64. The van der Waals surface area contributed by atoms with Gasteiger partial charge in [0, 0.05) is 0 Å². The first-order valence-electron chi connectivity index (χ1n) is 13.5. The third kappa shape index (κ3) is 7.90. The van der Waals surface area contributed by atoms with Crippen LogP contribution in [-0.4, -0.2) is 0 Å². The molecule has 0 nitrogen and oxygen atoms in total. The summed E-state index contributed by atoms with van der Waals surface area (Å²) in [4.78, 5) is 0. The van der Waals surface area contributed by atoms with Crippen LogP contribution in [0, 0.1) is 17.8 Å². The number of allylic oxidation sites excluding steroid dienone is 2. The molecule has 3 rings (SSSR count). The second-order valence-electron chi connectivity index (χ2n) is 10.5. The van der Waals surface area contributed by atoms with Gasteiger partial charge in [0.1, 0.15) is 0 Å². The normalized spacial score (nSPS) is 27.5. The average Bonchev–Trinajstić information content (AvgIpc) is 2.79. The first-order valence-corrected chi connectivity index (χ1v) is 13.5. The van der Waals surface area contributed by atoms with Gasteiger partial charge in [-0.2, -0.15) is 0 Å². The molecule has 0 amide bonds. The highest BCUT2D eigenvalue weighted by atomic mass is 14.3. The molecule has 1 aromatic carbocycles. The molecule has 0 spiro atoms. The molecule has 0 N–H and O–H groups in total. The van der Waals surface area contributed by atoms with E-state index in [1.807, 2.05) is 0 Å². The summed E-state index contributed by atoms with van der Waals surface area (Å²) in [5.41, 5.74) is 3.11. The molecule has 30 heavy (non-hydrogen) atoms. The lowest BCUT2D eigenvalue weighted by Crippen LogP contribution is -2.13. The zero-order chi connectivity index (χ0) is 21.0. The number of hydrogen-bond acceptors (Lipinski definition) is 0. The van der Waals surface area contributed by atoms with Crippen LogP contribution in [0.1, 0.15) is 127 Å². The number of benzene rings is 1. The van der Waals surface area contributed by atoms with Crippen molar-refractivity contribution in [3.63, 3.8) is 0 Å². The number of hydrogen-bond donors (Lipinski definition) is 0. The number of rotatable bonds is 11. The van der Waals surface area contributed by atoms with Crippen molar-refractivity contribution in [2.24, 2.45) is 17.8 Å². The molecule has 168 valence electrons. The number of aryl methyl sites for hydroxylation is 1. The highest BCUT2D eigenvalue weighted by Gasteiger charge is 2.21. The molecule has 2 aliphatic rings. The predicted molar refractivity (Wildman–Crippen MR) is 133 cm³/mol. The number of unbranched alkanes of at least 4 members (excludes halogenated alkanes) is 2. The minimum atomic E-state index is 0.823. The summed E-state index contributed by atoms with van der Waals surface area (Å²) in [5.74, 6) is 3.72. The summed E-state index contributed by atoms with van der Waals surface area (Å²) in [6.07, 6.45) is 27.5. The lowest BCUT2D eigenvalue weighted by Gasteiger charge is -2.28. The van der Waals surface area contributed by atoms with Crippen LogP contribution in [-0.2, 0) is 6.42 Å². The Morgan fingerprint density at radius 1 is 0.733 bits per heavy atom. The molecule has 0 unspecified atom stereocenters. The highest BCUT2D eigenvalue weighted by molar-refractivity contribution is 5.26. The van der Waals surface area contributed by atoms with Gasteiger partial charge in [-0.15, -0.1) is 0 Å². The summed E-state index contributed by atoms with van der Waals surface area (Å²) < 4.78 is 0. The van der Waals surface area contributed by atoms with Crippen LogP contribution in [0.4, 0.5) is 0 Å². The first kappa shape index (κ1) is 23.6. The Hall–Kier alpha value is -1.04. The highest BCUT2D eigenvalue weighted by Crippen LogP contribution is 2.37. The van der Waals surface area contributed by atoms with Gasteiger partial charge in [0.2, 0.25) is 0 Å². The molecule has 0 aromatic heterocycles. The van der Waals surface area contributed by atoms with Crippen LogP contribution in [0.25, 0.3) is 0 Å². The van der Waals surface area contributed by atoms with Crippen LogP contribution >= 0.6 is 0 Å². The van der Waals surface area contributed by atoms with E-state index in [2.05, 4.69) is 50.3 Å². The topological polar surface area (TPSA) is 0 Å². The standard InChI is InChI=1S/C30H48/c1-3-5-6-10-26-13-15-27(16-14-26)11-7-8-12-28-19-23-30(24-20-28)29-21-17-25(9-4-2)18-22-29/h7,11,19-20,23-27,29H,3-6,8-10,12-18,21-22H2,1-2H3/t25-,26-,27-,29-. The fourth-order valence-corrected chi connectivity index (χ4v) is 6.04. The lowest BCUT2D eigenvalue weighted by molar-refractivity contribution is 0.289. The maximum atomic E-state index is 2.55. The lowest BCUT2D eigenvalue weighted by atomic mass is 9.77. The van der Waals surface area contributed by atoms with Crippen molar-refractivity contribution in [3.05, 3.63) is 47.5 Å². The molecular weight excluding hydrogens is 360 g/mol. The van der Waals surface area contributed by atoms with E-state index in [1.165, 1.54) is 108 Å². The fraction of sp³-hybridized carbons (Fsp3) is 0.733. The van der Waals surface area contributed by atoms with E-state index in [-0.39, 0.29) is 0 Å². The third-order valence-electron chi connectivity index (χ3n) is 8.11. The van der Waals surface area contributed by atoms with Gasteiger partial charge in [-0.05, 0) is 99.0 Å². The zero-order valence-corrected chi connectivity index (χ0v) is 20.1. The molecule has 0 heteroatoms. The van der Waals surface area contributed by atoms with E-state index in [4.69, 9.17) is 0 Å². The van der Waals surface area contributed by atoms with Crippen LogP contribution in [0.3, 0.4) is 0 Å². The largest absolute Gasteiger partial charge is 0.0879 e. The SMILES string of the molecule is CCCCC[C@H]1CC[C@H](C=CCCc2ccc([C@H]3CC[C@H](CCC)CC3)cc2)CC1. The molecule has 0 bridgehead atoms. The minimum Gasteiger partial charge on any atom is -0.0879 e. The Balaban J connectivity index is 1.32. The van der Waals surface area contributed by atoms with Gasteiger partial charge in [-0.25, -0.2) is 0 Å². The quantitative estimate of drug-likeness (QED) is 0.252. The van der Waals surface area contributed by atoms with E-state index in [9.17, 15) is 0 Å². The second kappa shape index (κ2) is 13.4. The van der Waals surface area contributed by atoms with E-state index in [1.54, 1.807) is 5.56 Å².